The fraction of sp³-hybridized carbons (Fsp3) is 0.923. The van der Waals surface area contributed by atoms with Gasteiger partial charge in [-0.15, -0.1) is 0 Å². The molecule has 10 N–H and O–H groups in total. The third kappa shape index (κ3) is 4.40. The number of hydrogen-bond acceptors (Lipinski definition) is 11. The van der Waals surface area contributed by atoms with Crippen LogP contribution in [0.3, 0.4) is 0 Å². The summed E-state index contributed by atoms with van der Waals surface area (Å²) in [5.74, 6) is 0. The second-order valence-electron chi connectivity index (χ2n) is 6.12. The standard InChI is InChI=1S/C13H24N2O10S/c16-1-3-5(18)7(20)9(22)11(24-3)14-13(26)15-12-10(23)8(21)6(19)4(2-17)25-12/h3-12,16-23H,1-2H2,(H2,14,15,26)/t3-,4-,5-,6-,7+,8+,9-,10-,11-,12-/m1/s1. The number of aliphatic hydroxyl groups is 8. The zero-order valence-corrected chi connectivity index (χ0v) is 14.3. The zero-order valence-electron chi connectivity index (χ0n) is 13.5. The molecule has 152 valence electrons. The maximum Gasteiger partial charge on any atom is 0.170 e. The molecule has 2 aliphatic rings. The quantitative estimate of drug-likeness (QED) is 0.200. The molecule has 0 aromatic heterocycles. The van der Waals surface area contributed by atoms with E-state index >= 15 is 0 Å². The maximum absolute atomic E-state index is 9.93. The van der Waals surface area contributed by atoms with E-state index in [1.54, 1.807) is 0 Å². The first-order chi connectivity index (χ1) is 12.2. The molecule has 0 saturated carbocycles. The van der Waals surface area contributed by atoms with Gasteiger partial charge in [-0.25, -0.2) is 0 Å². The number of thiocarbonyl (C=S) groups is 1. The topological polar surface area (TPSA) is 204 Å². The molecule has 0 spiro atoms. The average molecular weight is 400 g/mol. The highest BCUT2D eigenvalue weighted by Crippen LogP contribution is 2.21. The Bertz CT molecular complexity index is 444. The van der Waals surface area contributed by atoms with Crippen LogP contribution in [0, 0.1) is 0 Å². The molecule has 2 fully saturated rings. The van der Waals surface area contributed by atoms with Crippen molar-refractivity contribution in [2.24, 2.45) is 0 Å². The van der Waals surface area contributed by atoms with E-state index in [-0.39, 0.29) is 5.11 Å². The van der Waals surface area contributed by atoms with Gasteiger partial charge in [-0.1, -0.05) is 0 Å². The molecule has 0 amide bonds. The Morgan fingerprint density at radius 1 is 0.654 bits per heavy atom. The van der Waals surface area contributed by atoms with Crippen molar-refractivity contribution in [2.75, 3.05) is 13.2 Å². The first-order valence-electron chi connectivity index (χ1n) is 7.89. The van der Waals surface area contributed by atoms with E-state index in [9.17, 15) is 30.6 Å². The molecule has 12 nitrogen and oxygen atoms in total. The van der Waals surface area contributed by atoms with Crippen LogP contribution in [-0.4, -0.2) is 120 Å². The predicted molar refractivity (Wildman–Crippen MR) is 86.4 cm³/mol. The van der Waals surface area contributed by atoms with Gasteiger partial charge in [0.1, 0.15) is 48.8 Å². The van der Waals surface area contributed by atoms with Gasteiger partial charge in [-0.05, 0) is 12.2 Å². The molecule has 2 aliphatic heterocycles. The molecule has 0 bridgehead atoms. The largest absolute Gasteiger partial charge is 0.394 e. The lowest BCUT2D eigenvalue weighted by Gasteiger charge is -2.42. The van der Waals surface area contributed by atoms with Gasteiger partial charge in [0.25, 0.3) is 0 Å². The van der Waals surface area contributed by atoms with Gasteiger partial charge in [0.2, 0.25) is 0 Å². The number of rotatable bonds is 4. The molecule has 0 aliphatic carbocycles. The van der Waals surface area contributed by atoms with Gasteiger partial charge in [-0.3, -0.25) is 0 Å². The van der Waals surface area contributed by atoms with Crippen molar-refractivity contribution in [3.63, 3.8) is 0 Å². The van der Waals surface area contributed by atoms with E-state index in [4.69, 9.17) is 31.9 Å². The van der Waals surface area contributed by atoms with Gasteiger partial charge >= 0.3 is 0 Å². The minimum atomic E-state index is -1.60. The minimum absolute atomic E-state index is 0.223. The Morgan fingerprint density at radius 3 is 1.31 bits per heavy atom. The monoisotopic (exact) mass is 400 g/mol. The molecule has 10 atom stereocenters. The third-order valence-electron chi connectivity index (χ3n) is 4.33. The summed E-state index contributed by atoms with van der Waals surface area (Å²) in [6.45, 7) is -1.23. The predicted octanol–water partition coefficient (Wildman–Crippen LogP) is -5.95. The van der Waals surface area contributed by atoms with Crippen molar-refractivity contribution < 1.29 is 50.3 Å². The van der Waals surface area contributed by atoms with E-state index in [1.165, 1.54) is 0 Å². The average Bonchev–Trinajstić information content (AvgIpc) is 2.62. The summed E-state index contributed by atoms with van der Waals surface area (Å²) in [5.41, 5.74) is 0. The number of nitrogens with one attached hydrogen (secondary N) is 2. The molecule has 0 aromatic carbocycles. The summed E-state index contributed by atoms with van der Waals surface area (Å²) in [6, 6.07) is 0. The number of ether oxygens (including phenoxy) is 2. The highest BCUT2D eigenvalue weighted by molar-refractivity contribution is 7.80. The van der Waals surface area contributed by atoms with E-state index < -0.39 is 74.5 Å². The van der Waals surface area contributed by atoms with Crippen molar-refractivity contribution in [1.82, 2.24) is 10.6 Å². The van der Waals surface area contributed by atoms with E-state index in [0.29, 0.717) is 0 Å². The maximum atomic E-state index is 9.93. The van der Waals surface area contributed by atoms with E-state index in [1.807, 2.05) is 0 Å². The third-order valence-corrected chi connectivity index (χ3v) is 4.57. The van der Waals surface area contributed by atoms with Crippen LogP contribution in [0.4, 0.5) is 0 Å². The fourth-order valence-electron chi connectivity index (χ4n) is 2.74. The second kappa shape index (κ2) is 8.99. The zero-order chi connectivity index (χ0) is 19.6. The van der Waals surface area contributed by atoms with Crippen molar-refractivity contribution in [2.45, 2.75) is 61.3 Å². The molecule has 0 aromatic rings. The molecule has 0 radical (unpaired) electrons. The van der Waals surface area contributed by atoms with Crippen molar-refractivity contribution in [3.8, 4) is 0 Å². The van der Waals surface area contributed by atoms with E-state index in [2.05, 4.69) is 10.6 Å². The molecule has 2 saturated heterocycles. The van der Waals surface area contributed by atoms with Crippen LogP contribution in [0.2, 0.25) is 0 Å². The Kier molecular flexibility index (Phi) is 7.46. The molecule has 13 heteroatoms. The van der Waals surface area contributed by atoms with Gasteiger partial charge in [0.15, 0.2) is 17.6 Å². The van der Waals surface area contributed by atoms with Crippen LogP contribution in [0.1, 0.15) is 0 Å². The van der Waals surface area contributed by atoms with Crippen molar-refractivity contribution in [1.29, 1.82) is 0 Å². The smallest absolute Gasteiger partial charge is 0.170 e. The second-order valence-corrected chi connectivity index (χ2v) is 6.53. The van der Waals surface area contributed by atoms with Gasteiger partial charge < -0.3 is 61.0 Å². The highest BCUT2D eigenvalue weighted by Gasteiger charge is 2.45. The highest BCUT2D eigenvalue weighted by atomic mass is 32.1. The van der Waals surface area contributed by atoms with Gasteiger partial charge in [0, 0.05) is 0 Å². The summed E-state index contributed by atoms with van der Waals surface area (Å²) in [5, 5.41) is 81.8. The minimum Gasteiger partial charge on any atom is -0.394 e. The Morgan fingerprint density at radius 2 is 1.00 bits per heavy atom. The lowest BCUT2D eigenvalue weighted by Crippen LogP contribution is -2.67. The Balaban J connectivity index is 1.97. The molecule has 2 rings (SSSR count). The van der Waals surface area contributed by atoms with Crippen LogP contribution < -0.4 is 10.6 Å². The van der Waals surface area contributed by atoms with Crippen LogP contribution in [0.15, 0.2) is 0 Å². The molecule has 0 unspecified atom stereocenters. The van der Waals surface area contributed by atoms with Crippen molar-refractivity contribution >= 4 is 17.3 Å². The lowest BCUT2D eigenvalue weighted by molar-refractivity contribution is -0.236. The first kappa shape index (κ1) is 21.6. The number of aliphatic hydroxyl groups excluding tert-OH is 8. The Labute approximate surface area is 153 Å². The Hall–Kier alpha value is -0.710. The van der Waals surface area contributed by atoms with E-state index in [0.717, 1.165) is 0 Å². The van der Waals surface area contributed by atoms with Crippen molar-refractivity contribution in [3.05, 3.63) is 0 Å². The normalized spacial score (nSPS) is 46.6. The fourth-order valence-corrected chi connectivity index (χ4v) is 2.97. The van der Waals surface area contributed by atoms with Crippen LogP contribution in [0.25, 0.3) is 0 Å². The molecule has 26 heavy (non-hydrogen) atoms. The summed E-state index contributed by atoms with van der Waals surface area (Å²) < 4.78 is 10.4. The van der Waals surface area contributed by atoms with Gasteiger partial charge in [0.05, 0.1) is 13.2 Å². The first-order valence-corrected chi connectivity index (χ1v) is 8.30. The lowest BCUT2D eigenvalue weighted by atomic mass is 9.98. The summed E-state index contributed by atoms with van der Waals surface area (Å²) in [6.07, 6.45) is -14.3. The summed E-state index contributed by atoms with van der Waals surface area (Å²) in [7, 11) is 0. The molecule has 2 heterocycles. The van der Waals surface area contributed by atoms with Crippen LogP contribution in [-0.2, 0) is 9.47 Å². The SMILES string of the molecule is OC[C@H]1O[C@@H](NC(=S)N[C@@H]2O[C@H](CO)[C@@H](O)[C@H](O)[C@H]2O)[C@H](O)[C@@H](O)[C@@H]1O. The molecular weight excluding hydrogens is 376 g/mol. The molecular formula is C13H24N2O10S. The summed E-state index contributed by atoms with van der Waals surface area (Å²) in [4.78, 5) is 0. The summed E-state index contributed by atoms with van der Waals surface area (Å²) >= 11 is 4.99. The van der Waals surface area contributed by atoms with Gasteiger partial charge in [-0.2, -0.15) is 0 Å². The number of hydrogen-bond donors (Lipinski definition) is 10. The van der Waals surface area contributed by atoms with Crippen LogP contribution in [0.5, 0.6) is 0 Å². The van der Waals surface area contributed by atoms with Crippen LogP contribution >= 0.6 is 12.2 Å².